The number of nitrogens with zero attached hydrogens (tertiary/aromatic N) is 1. The number of hydrogen-bond acceptors (Lipinski definition) is 3. The van der Waals surface area contributed by atoms with Crippen LogP contribution in [-0.4, -0.2) is 35.0 Å². The molecule has 2 atom stereocenters. The molecule has 0 radical (unpaired) electrons. The number of carbonyl (C=O) groups excluding carboxylic acids is 1. The molecule has 1 fully saturated rings. The van der Waals surface area contributed by atoms with E-state index in [0.717, 1.165) is 4.47 Å². The lowest BCUT2D eigenvalue weighted by atomic mass is 9.99. The lowest BCUT2D eigenvalue weighted by Crippen LogP contribution is -2.29. The third-order valence-corrected chi connectivity index (χ3v) is 4.67. The van der Waals surface area contributed by atoms with E-state index in [9.17, 15) is 9.59 Å². The number of carboxylic acid groups (broad SMARTS) is 1. The zero-order valence-electron chi connectivity index (χ0n) is 9.22. The first-order valence-electron chi connectivity index (χ1n) is 5.25. The number of carbonyl (C=O) groups is 2. The van der Waals surface area contributed by atoms with E-state index in [1.807, 2.05) is 12.3 Å². The number of likely N-dealkylation sites (tertiary alicyclic amines) is 1. The molecule has 2 heterocycles. The van der Waals surface area contributed by atoms with Crippen LogP contribution in [0.1, 0.15) is 16.6 Å². The number of amides is 1. The van der Waals surface area contributed by atoms with Gasteiger partial charge in [-0.05, 0) is 27.9 Å². The largest absolute Gasteiger partial charge is 0.481 e. The van der Waals surface area contributed by atoms with Crippen molar-refractivity contribution < 1.29 is 14.7 Å². The molecule has 0 saturated carbocycles. The Morgan fingerprint density at radius 3 is 2.71 bits per heavy atom. The summed E-state index contributed by atoms with van der Waals surface area (Å²) in [6.45, 7) is 2.70. The second-order valence-electron chi connectivity index (χ2n) is 4.26. The van der Waals surface area contributed by atoms with E-state index in [2.05, 4.69) is 15.9 Å². The van der Waals surface area contributed by atoms with Crippen molar-refractivity contribution in [2.45, 2.75) is 6.92 Å². The van der Waals surface area contributed by atoms with Crippen LogP contribution in [0.25, 0.3) is 0 Å². The highest BCUT2D eigenvalue weighted by molar-refractivity contribution is 9.10. The first kappa shape index (κ1) is 12.6. The van der Waals surface area contributed by atoms with Crippen molar-refractivity contribution in [1.82, 2.24) is 4.90 Å². The summed E-state index contributed by atoms with van der Waals surface area (Å²) < 4.78 is 0.882. The van der Waals surface area contributed by atoms with Crippen LogP contribution in [0.4, 0.5) is 0 Å². The Balaban J connectivity index is 2.10. The summed E-state index contributed by atoms with van der Waals surface area (Å²) in [6.07, 6.45) is 0. The molecule has 6 heteroatoms. The van der Waals surface area contributed by atoms with E-state index < -0.39 is 11.9 Å². The van der Waals surface area contributed by atoms with Crippen molar-refractivity contribution >= 4 is 39.1 Å². The van der Waals surface area contributed by atoms with E-state index in [0.29, 0.717) is 18.0 Å². The predicted octanol–water partition coefficient (Wildman–Crippen LogP) is 2.30. The van der Waals surface area contributed by atoms with Gasteiger partial charge in [-0.3, -0.25) is 9.59 Å². The lowest BCUT2D eigenvalue weighted by Gasteiger charge is -2.14. The molecule has 92 valence electrons. The Kier molecular flexibility index (Phi) is 3.53. The zero-order valence-corrected chi connectivity index (χ0v) is 11.6. The Labute approximate surface area is 111 Å². The molecule has 4 nitrogen and oxygen atoms in total. The monoisotopic (exact) mass is 317 g/mol. The van der Waals surface area contributed by atoms with Gasteiger partial charge in [0.2, 0.25) is 0 Å². The summed E-state index contributed by atoms with van der Waals surface area (Å²) in [5, 5.41) is 10.9. The highest BCUT2D eigenvalue weighted by atomic mass is 79.9. The molecule has 1 aliphatic heterocycles. The number of rotatable bonds is 2. The molecule has 17 heavy (non-hydrogen) atoms. The minimum absolute atomic E-state index is 0.0138. The molecule has 2 rings (SSSR count). The van der Waals surface area contributed by atoms with Gasteiger partial charge in [-0.1, -0.05) is 6.92 Å². The lowest BCUT2D eigenvalue weighted by molar-refractivity contribution is -0.142. The quantitative estimate of drug-likeness (QED) is 0.910. The van der Waals surface area contributed by atoms with Gasteiger partial charge in [0.05, 0.1) is 10.8 Å². The van der Waals surface area contributed by atoms with Crippen LogP contribution in [0.3, 0.4) is 0 Å². The molecular formula is C11H12BrNO3S. The van der Waals surface area contributed by atoms with Crippen molar-refractivity contribution in [1.29, 1.82) is 0 Å². The van der Waals surface area contributed by atoms with Crippen LogP contribution < -0.4 is 0 Å². The van der Waals surface area contributed by atoms with Crippen LogP contribution >= 0.6 is 27.3 Å². The third kappa shape index (κ3) is 2.52. The van der Waals surface area contributed by atoms with Crippen molar-refractivity contribution in [3.05, 3.63) is 20.8 Å². The van der Waals surface area contributed by atoms with E-state index in [1.165, 1.54) is 11.3 Å². The summed E-state index contributed by atoms with van der Waals surface area (Å²) in [5.41, 5.74) is 0. The maximum Gasteiger partial charge on any atom is 0.308 e. The standard InChI is InChI=1S/C11H12BrNO3S/c1-6-3-13(4-8(6)11(15)16)10(14)9-2-7(12)5-17-9/h2,5-6,8H,3-4H2,1H3,(H,15,16)/t6-,8-/m1/s1. The van der Waals surface area contributed by atoms with Gasteiger partial charge in [0, 0.05) is 22.9 Å². The fourth-order valence-electron chi connectivity index (χ4n) is 2.04. The van der Waals surface area contributed by atoms with Gasteiger partial charge in [0.25, 0.3) is 5.91 Å². The highest BCUT2D eigenvalue weighted by Gasteiger charge is 2.37. The summed E-state index contributed by atoms with van der Waals surface area (Å²) >= 11 is 4.67. The molecular weight excluding hydrogens is 306 g/mol. The van der Waals surface area contributed by atoms with Crippen LogP contribution in [0.2, 0.25) is 0 Å². The summed E-state index contributed by atoms with van der Waals surface area (Å²) in [4.78, 5) is 25.3. The SMILES string of the molecule is C[C@@H]1CN(C(=O)c2cc(Br)cs2)C[C@H]1C(=O)O. The second-order valence-corrected chi connectivity index (χ2v) is 6.09. The fraction of sp³-hybridized carbons (Fsp3) is 0.455. The molecule has 1 aromatic heterocycles. The maximum absolute atomic E-state index is 12.1. The van der Waals surface area contributed by atoms with Crippen LogP contribution in [0, 0.1) is 11.8 Å². The fourth-order valence-corrected chi connectivity index (χ4v) is 3.43. The highest BCUT2D eigenvalue weighted by Crippen LogP contribution is 2.27. The number of carboxylic acids is 1. The van der Waals surface area contributed by atoms with Crippen LogP contribution in [-0.2, 0) is 4.79 Å². The molecule has 0 aliphatic carbocycles. The summed E-state index contributed by atoms with van der Waals surface area (Å²) in [6, 6.07) is 1.77. The predicted molar refractivity (Wildman–Crippen MR) is 68.2 cm³/mol. The number of halogens is 1. The topological polar surface area (TPSA) is 57.6 Å². The van der Waals surface area contributed by atoms with E-state index in [1.54, 1.807) is 11.0 Å². The Morgan fingerprint density at radius 1 is 1.53 bits per heavy atom. The second kappa shape index (κ2) is 4.78. The first-order chi connectivity index (χ1) is 7.99. The van der Waals surface area contributed by atoms with Crippen LogP contribution in [0.15, 0.2) is 15.9 Å². The van der Waals surface area contributed by atoms with Gasteiger partial charge in [0.15, 0.2) is 0 Å². The van der Waals surface area contributed by atoms with Crippen molar-refractivity contribution in [2.24, 2.45) is 11.8 Å². The molecule has 0 aromatic carbocycles. The van der Waals surface area contributed by atoms with Crippen molar-refractivity contribution in [3.63, 3.8) is 0 Å². The van der Waals surface area contributed by atoms with Gasteiger partial charge in [-0.15, -0.1) is 11.3 Å². The molecule has 0 bridgehead atoms. The molecule has 1 aliphatic rings. The minimum Gasteiger partial charge on any atom is -0.481 e. The molecule has 1 aromatic rings. The summed E-state index contributed by atoms with van der Waals surface area (Å²) in [5.74, 6) is -1.32. The number of thiophene rings is 1. The van der Waals surface area contributed by atoms with Gasteiger partial charge < -0.3 is 10.0 Å². The maximum atomic E-state index is 12.1. The number of hydrogen-bond donors (Lipinski definition) is 1. The van der Waals surface area contributed by atoms with Crippen molar-refractivity contribution in [2.75, 3.05) is 13.1 Å². The molecule has 1 N–H and O–H groups in total. The summed E-state index contributed by atoms with van der Waals surface area (Å²) in [7, 11) is 0. The van der Waals surface area contributed by atoms with Gasteiger partial charge in [-0.2, -0.15) is 0 Å². The number of aliphatic carboxylic acids is 1. The third-order valence-electron chi connectivity index (χ3n) is 2.99. The Bertz CT molecular complexity index is 459. The normalized spacial score (nSPS) is 24.0. The molecule has 1 saturated heterocycles. The van der Waals surface area contributed by atoms with Gasteiger partial charge in [0.1, 0.15) is 0 Å². The van der Waals surface area contributed by atoms with Crippen LogP contribution in [0.5, 0.6) is 0 Å². The first-order valence-corrected chi connectivity index (χ1v) is 6.92. The average Bonchev–Trinajstić information content (AvgIpc) is 2.83. The Hall–Kier alpha value is -0.880. The van der Waals surface area contributed by atoms with Gasteiger partial charge in [-0.25, -0.2) is 0 Å². The molecule has 0 spiro atoms. The van der Waals surface area contributed by atoms with E-state index in [4.69, 9.17) is 5.11 Å². The van der Waals surface area contributed by atoms with E-state index in [-0.39, 0.29) is 11.8 Å². The molecule has 1 amide bonds. The Morgan fingerprint density at radius 2 is 2.24 bits per heavy atom. The average molecular weight is 318 g/mol. The zero-order chi connectivity index (χ0) is 12.6. The van der Waals surface area contributed by atoms with E-state index >= 15 is 0 Å². The molecule has 0 unspecified atom stereocenters. The van der Waals surface area contributed by atoms with Crippen molar-refractivity contribution in [3.8, 4) is 0 Å². The minimum atomic E-state index is -0.819. The smallest absolute Gasteiger partial charge is 0.308 e. The van der Waals surface area contributed by atoms with Gasteiger partial charge >= 0.3 is 5.97 Å².